The van der Waals surface area contributed by atoms with Crippen LogP contribution in [-0.2, 0) is 0 Å². The Morgan fingerprint density at radius 2 is 2.20 bits per heavy atom. The lowest BCUT2D eigenvalue weighted by molar-refractivity contribution is 0.860. The zero-order valence-corrected chi connectivity index (χ0v) is 13.4. The molecule has 0 atom stereocenters. The molecule has 0 aliphatic carbocycles. The zero-order chi connectivity index (χ0) is 14.5. The maximum atomic E-state index is 6.10. The lowest BCUT2D eigenvalue weighted by Crippen LogP contribution is -2.08. The van der Waals surface area contributed by atoms with Crippen molar-refractivity contribution in [1.29, 1.82) is 0 Å². The molecule has 20 heavy (non-hydrogen) atoms. The highest BCUT2D eigenvalue weighted by Crippen LogP contribution is 2.28. The second-order valence-electron chi connectivity index (χ2n) is 4.06. The minimum atomic E-state index is 0.550. The van der Waals surface area contributed by atoms with Crippen molar-refractivity contribution in [1.82, 2.24) is 14.7 Å². The molecule has 106 valence electrons. The molecule has 0 unspecified atom stereocenters. The Hall–Kier alpha value is -1.30. The zero-order valence-electron chi connectivity index (χ0n) is 11.1. The summed E-state index contributed by atoms with van der Waals surface area (Å²) in [4.78, 5) is 4.38. The van der Waals surface area contributed by atoms with Crippen molar-refractivity contribution in [2.24, 2.45) is 0 Å². The fourth-order valence-electron chi connectivity index (χ4n) is 1.57. The van der Waals surface area contributed by atoms with Gasteiger partial charge < -0.3 is 10.6 Å². The Morgan fingerprint density at radius 3 is 2.90 bits per heavy atom. The number of hydrogen-bond donors (Lipinski definition) is 2. The van der Waals surface area contributed by atoms with E-state index in [9.17, 15) is 0 Å². The first-order valence-corrected chi connectivity index (χ1v) is 7.59. The summed E-state index contributed by atoms with van der Waals surface area (Å²) in [7, 11) is 0. The molecule has 0 fully saturated rings. The first kappa shape index (κ1) is 15.1. The second-order valence-corrected chi connectivity index (χ2v) is 5.66. The van der Waals surface area contributed by atoms with Gasteiger partial charge in [0.2, 0.25) is 5.13 Å². The predicted octanol–water partition coefficient (Wildman–Crippen LogP) is 4.56. The summed E-state index contributed by atoms with van der Waals surface area (Å²) in [5.41, 5.74) is 1.78. The van der Waals surface area contributed by atoms with Crippen LogP contribution < -0.4 is 10.6 Å². The molecule has 1 aromatic heterocycles. The van der Waals surface area contributed by atoms with Gasteiger partial charge in [-0.3, -0.25) is 0 Å². The fourth-order valence-corrected chi connectivity index (χ4v) is 2.59. The van der Waals surface area contributed by atoms with Crippen LogP contribution in [0, 0.1) is 0 Å². The SMILES string of the molecule is CCN/C(C)=C/c1nsc(Nc2ccc(Cl)cc2Cl)n1. The summed E-state index contributed by atoms with van der Waals surface area (Å²) in [6.45, 7) is 4.90. The van der Waals surface area contributed by atoms with Crippen LogP contribution in [0.5, 0.6) is 0 Å². The topological polar surface area (TPSA) is 49.8 Å². The van der Waals surface area contributed by atoms with E-state index in [1.54, 1.807) is 12.1 Å². The minimum Gasteiger partial charge on any atom is -0.389 e. The highest BCUT2D eigenvalue weighted by molar-refractivity contribution is 7.09. The van der Waals surface area contributed by atoms with E-state index < -0.39 is 0 Å². The Kier molecular flexibility index (Phi) is 5.23. The van der Waals surface area contributed by atoms with E-state index in [0.717, 1.165) is 17.9 Å². The molecule has 0 aliphatic rings. The lowest BCUT2D eigenvalue weighted by atomic mass is 10.3. The van der Waals surface area contributed by atoms with Gasteiger partial charge in [-0.05, 0) is 32.0 Å². The van der Waals surface area contributed by atoms with Crippen LogP contribution in [0.4, 0.5) is 10.8 Å². The molecule has 0 radical (unpaired) electrons. The van der Waals surface area contributed by atoms with Gasteiger partial charge in [0.25, 0.3) is 0 Å². The van der Waals surface area contributed by atoms with Crippen molar-refractivity contribution in [2.45, 2.75) is 13.8 Å². The van der Waals surface area contributed by atoms with E-state index in [-0.39, 0.29) is 0 Å². The molecule has 7 heteroatoms. The largest absolute Gasteiger partial charge is 0.389 e. The number of aromatic nitrogens is 2. The van der Waals surface area contributed by atoms with Gasteiger partial charge in [0.1, 0.15) is 0 Å². The van der Waals surface area contributed by atoms with Crippen molar-refractivity contribution in [3.63, 3.8) is 0 Å². The van der Waals surface area contributed by atoms with Crippen molar-refractivity contribution in [2.75, 3.05) is 11.9 Å². The molecule has 2 rings (SSSR count). The number of halogens is 2. The third-order valence-corrected chi connectivity index (χ3v) is 3.61. The van der Waals surface area contributed by atoms with E-state index in [2.05, 4.69) is 20.0 Å². The van der Waals surface area contributed by atoms with Crippen LogP contribution in [0.25, 0.3) is 6.08 Å². The number of rotatable bonds is 5. The maximum absolute atomic E-state index is 6.10. The molecule has 0 aliphatic heterocycles. The minimum absolute atomic E-state index is 0.550. The van der Waals surface area contributed by atoms with E-state index in [1.807, 2.05) is 26.0 Å². The Balaban J connectivity index is 2.11. The summed E-state index contributed by atoms with van der Waals surface area (Å²) >= 11 is 13.2. The van der Waals surface area contributed by atoms with Gasteiger partial charge in [-0.2, -0.15) is 9.36 Å². The quantitative estimate of drug-likeness (QED) is 0.844. The van der Waals surface area contributed by atoms with E-state index in [1.165, 1.54) is 11.5 Å². The van der Waals surface area contributed by atoms with Gasteiger partial charge in [-0.15, -0.1) is 0 Å². The number of hydrogen-bond acceptors (Lipinski definition) is 5. The molecule has 0 spiro atoms. The molecular weight excluding hydrogens is 315 g/mol. The van der Waals surface area contributed by atoms with Gasteiger partial charge in [0, 0.05) is 34.9 Å². The normalized spacial score (nSPS) is 11.5. The molecule has 0 bridgehead atoms. The molecular formula is C13H14Cl2N4S. The second kappa shape index (κ2) is 6.92. The molecule has 1 aromatic carbocycles. The number of nitrogens with zero attached hydrogens (tertiary/aromatic N) is 2. The summed E-state index contributed by atoms with van der Waals surface area (Å²) in [5, 5.41) is 8.16. The van der Waals surface area contributed by atoms with E-state index in [0.29, 0.717) is 21.0 Å². The summed E-state index contributed by atoms with van der Waals surface area (Å²) in [6.07, 6.45) is 1.90. The first-order chi connectivity index (χ1) is 9.58. The van der Waals surface area contributed by atoms with Crippen LogP contribution in [0.2, 0.25) is 10.0 Å². The van der Waals surface area contributed by atoms with Crippen molar-refractivity contribution in [3.05, 3.63) is 39.8 Å². The smallest absolute Gasteiger partial charge is 0.207 e. The molecule has 0 saturated heterocycles. The number of allylic oxidation sites excluding steroid dienone is 1. The van der Waals surface area contributed by atoms with Crippen molar-refractivity contribution < 1.29 is 0 Å². The highest BCUT2D eigenvalue weighted by Gasteiger charge is 2.06. The number of benzene rings is 1. The Labute approximate surface area is 132 Å². The molecule has 1 heterocycles. The third kappa shape index (κ3) is 4.10. The standard InChI is InChI=1S/C13H14Cl2N4S/c1-3-16-8(2)6-12-18-13(20-19-12)17-11-5-4-9(14)7-10(11)15/h4-7,16H,3H2,1-2H3,(H,17,18,19)/b8-6+. The van der Waals surface area contributed by atoms with Gasteiger partial charge in [0.05, 0.1) is 10.7 Å². The molecule has 4 nitrogen and oxygen atoms in total. The number of nitrogens with one attached hydrogen (secondary N) is 2. The summed E-state index contributed by atoms with van der Waals surface area (Å²) in [5.74, 6) is 0.668. The summed E-state index contributed by atoms with van der Waals surface area (Å²) in [6, 6.07) is 5.26. The van der Waals surface area contributed by atoms with Crippen LogP contribution in [0.15, 0.2) is 23.9 Å². The van der Waals surface area contributed by atoms with E-state index in [4.69, 9.17) is 23.2 Å². The van der Waals surface area contributed by atoms with Crippen LogP contribution in [-0.4, -0.2) is 15.9 Å². The van der Waals surface area contributed by atoms with Crippen molar-refractivity contribution in [3.8, 4) is 0 Å². The Bertz CT molecular complexity index is 625. The van der Waals surface area contributed by atoms with Crippen molar-refractivity contribution >= 4 is 51.6 Å². The first-order valence-electron chi connectivity index (χ1n) is 6.06. The van der Waals surface area contributed by atoms with E-state index >= 15 is 0 Å². The molecule has 0 amide bonds. The predicted molar refractivity (Wildman–Crippen MR) is 87.0 cm³/mol. The number of anilines is 2. The van der Waals surface area contributed by atoms with Crippen LogP contribution in [0.1, 0.15) is 19.7 Å². The summed E-state index contributed by atoms with van der Waals surface area (Å²) < 4.78 is 4.26. The maximum Gasteiger partial charge on any atom is 0.207 e. The fraction of sp³-hybridized carbons (Fsp3) is 0.231. The van der Waals surface area contributed by atoms with Gasteiger partial charge in [-0.1, -0.05) is 23.2 Å². The molecule has 0 saturated carbocycles. The Morgan fingerprint density at radius 1 is 1.40 bits per heavy atom. The third-order valence-electron chi connectivity index (χ3n) is 2.42. The highest BCUT2D eigenvalue weighted by atomic mass is 35.5. The average molecular weight is 329 g/mol. The van der Waals surface area contributed by atoms with Crippen LogP contribution in [0.3, 0.4) is 0 Å². The average Bonchev–Trinajstić information content (AvgIpc) is 2.80. The van der Waals surface area contributed by atoms with Gasteiger partial charge in [0.15, 0.2) is 5.82 Å². The molecule has 2 N–H and O–H groups in total. The van der Waals surface area contributed by atoms with Crippen LogP contribution >= 0.6 is 34.7 Å². The van der Waals surface area contributed by atoms with Gasteiger partial charge >= 0.3 is 0 Å². The molecule has 2 aromatic rings. The monoisotopic (exact) mass is 328 g/mol. The van der Waals surface area contributed by atoms with Gasteiger partial charge in [-0.25, -0.2) is 0 Å². The lowest BCUT2D eigenvalue weighted by Gasteiger charge is -2.04.